The molecule has 2 amide bonds. The molecule has 1 aliphatic heterocycles. The number of carbonyl (C=O) groups excluding carboxylic acids is 4. The van der Waals surface area contributed by atoms with Crippen molar-refractivity contribution in [1.82, 2.24) is 10.2 Å². The third-order valence-electron chi connectivity index (χ3n) is 6.99. The lowest BCUT2D eigenvalue weighted by atomic mass is 10.2. The highest BCUT2D eigenvalue weighted by atomic mass is 32.2. The number of ether oxygens (including phenoxy) is 2. The van der Waals surface area contributed by atoms with Gasteiger partial charge in [0.1, 0.15) is 27.5 Å². The van der Waals surface area contributed by atoms with E-state index in [9.17, 15) is 19.2 Å². The Bertz CT molecular complexity index is 1770. The molecule has 4 aromatic rings. The van der Waals surface area contributed by atoms with E-state index in [2.05, 4.69) is 5.32 Å². The van der Waals surface area contributed by atoms with E-state index < -0.39 is 30.3 Å². The van der Waals surface area contributed by atoms with Gasteiger partial charge in [-0.15, -0.1) is 0 Å². The van der Waals surface area contributed by atoms with E-state index in [1.165, 1.54) is 11.8 Å². The lowest BCUT2D eigenvalue weighted by Gasteiger charge is -2.42. The summed E-state index contributed by atoms with van der Waals surface area (Å²) in [5.74, 6) is -1.46. The number of amides is 2. The molecular weight excluding hydrogens is 631 g/mol. The Morgan fingerprint density at radius 3 is 1.62 bits per heavy atom. The van der Waals surface area contributed by atoms with Crippen molar-refractivity contribution in [3.05, 3.63) is 132 Å². The quantitative estimate of drug-likeness (QED) is 0.189. The molecule has 0 spiro atoms. The maximum Gasteiger partial charge on any atom is 0.356 e. The highest BCUT2D eigenvalue weighted by Crippen LogP contribution is 2.50. The first-order valence-corrected chi connectivity index (χ1v) is 17.5. The van der Waals surface area contributed by atoms with E-state index in [4.69, 9.17) is 9.47 Å². The first kappa shape index (κ1) is 33.5. The summed E-state index contributed by atoms with van der Waals surface area (Å²) in [6, 6.07) is 37.4. The molecule has 0 fully saturated rings. The minimum atomic E-state index is -3.21. The number of rotatable bonds is 10. The van der Waals surface area contributed by atoms with Gasteiger partial charge in [0.15, 0.2) is 11.7 Å². The number of benzene rings is 4. The summed E-state index contributed by atoms with van der Waals surface area (Å²) in [4.78, 5) is 55.9. The smallest absolute Gasteiger partial charge is 0.356 e. The van der Waals surface area contributed by atoms with Crippen LogP contribution in [0.15, 0.2) is 132 Å². The van der Waals surface area contributed by atoms with Gasteiger partial charge in [-0.25, -0.2) is 4.79 Å². The fraction of sp³-hybridized carbons (Fsp3) is 0.162. The van der Waals surface area contributed by atoms with Crippen LogP contribution in [0.5, 0.6) is 5.75 Å². The molecule has 0 aromatic heterocycles. The van der Waals surface area contributed by atoms with Gasteiger partial charge in [0, 0.05) is 13.8 Å². The molecule has 5 rings (SSSR count). The van der Waals surface area contributed by atoms with Crippen molar-refractivity contribution in [3.8, 4) is 5.75 Å². The second-order valence-corrected chi connectivity index (χ2v) is 16.0. The van der Waals surface area contributed by atoms with Crippen LogP contribution < -0.4 is 26.0 Å². The molecule has 10 heteroatoms. The molecule has 8 nitrogen and oxygen atoms in total. The predicted molar refractivity (Wildman–Crippen MR) is 188 cm³/mol. The molecule has 0 saturated heterocycles. The third kappa shape index (κ3) is 7.27. The number of hydrogen-bond donors (Lipinski definition) is 1. The standard InChI is InChI=1S/C37H35N2O6PS/c1-26(40)47-35-32(38-31(41)25-44-27-17-9-5-10-18-27)33(42)39(35)34(36(43)45-37(2,3)4)46(28-19-11-6-12-20-28,29-21-13-7-14-22-29)30-23-15-8-16-24-30/h5-24H,25H2,1-4H3,(H,38,41). The average molecular weight is 667 g/mol. The largest absolute Gasteiger partial charge is 0.484 e. The highest BCUT2D eigenvalue weighted by molar-refractivity contribution is 8.17. The normalized spacial score (nSPS) is 13.0. The number of hydrogen-bond acceptors (Lipinski definition) is 7. The van der Waals surface area contributed by atoms with E-state index in [1.54, 1.807) is 45.0 Å². The molecule has 0 unspecified atom stereocenters. The van der Waals surface area contributed by atoms with Crippen molar-refractivity contribution in [2.75, 3.05) is 6.61 Å². The van der Waals surface area contributed by atoms with E-state index in [0.29, 0.717) is 5.75 Å². The maximum absolute atomic E-state index is 14.7. The van der Waals surface area contributed by atoms with Gasteiger partial charge in [0.25, 0.3) is 11.8 Å². The van der Waals surface area contributed by atoms with Crippen molar-refractivity contribution in [2.45, 2.75) is 33.3 Å². The summed E-state index contributed by atoms with van der Waals surface area (Å²) >= 11 is 0.762. The van der Waals surface area contributed by atoms with Crippen molar-refractivity contribution in [1.29, 1.82) is 0 Å². The Labute approximate surface area is 278 Å². The van der Waals surface area contributed by atoms with Gasteiger partial charge >= 0.3 is 5.97 Å². The van der Waals surface area contributed by atoms with Crippen molar-refractivity contribution in [3.63, 3.8) is 0 Å². The summed E-state index contributed by atoms with van der Waals surface area (Å²) in [7, 11) is 0. The number of carbonyl (C=O) groups is 4. The molecule has 1 heterocycles. The highest BCUT2D eigenvalue weighted by Gasteiger charge is 2.49. The molecule has 240 valence electrons. The van der Waals surface area contributed by atoms with E-state index >= 15 is 0 Å². The van der Waals surface area contributed by atoms with Gasteiger partial charge in [0.2, 0.25) is 0 Å². The minimum Gasteiger partial charge on any atom is -0.484 e. The van der Waals surface area contributed by atoms with Crippen LogP contribution in [0.3, 0.4) is 0 Å². The van der Waals surface area contributed by atoms with Crippen LogP contribution in [0.4, 0.5) is 0 Å². The number of nitrogens with one attached hydrogen (secondary N) is 1. The van der Waals surface area contributed by atoms with Crippen LogP contribution >= 0.6 is 18.6 Å². The van der Waals surface area contributed by atoms with E-state index in [0.717, 1.165) is 27.7 Å². The zero-order chi connectivity index (χ0) is 33.6. The Balaban J connectivity index is 1.79. The van der Waals surface area contributed by atoms with Gasteiger partial charge in [0.05, 0.1) is 0 Å². The molecule has 1 aliphatic rings. The molecule has 4 aromatic carbocycles. The number of para-hydroxylation sites is 1. The van der Waals surface area contributed by atoms with Gasteiger partial charge in [-0.2, -0.15) is 0 Å². The zero-order valence-electron chi connectivity index (χ0n) is 26.5. The SMILES string of the molecule is CC(=O)SC1=C(NC(=O)COc2ccccc2)C(=O)N1C(C(=O)OC(C)(C)C)=P(c1ccccc1)(c1ccccc1)c1ccccc1. The second kappa shape index (κ2) is 14.3. The molecule has 0 saturated carbocycles. The van der Waals surface area contributed by atoms with Gasteiger partial charge in [-0.1, -0.05) is 109 Å². The molecule has 0 radical (unpaired) electrons. The van der Waals surface area contributed by atoms with Gasteiger partial charge < -0.3 is 14.8 Å². The van der Waals surface area contributed by atoms with Crippen LogP contribution in [0, 0.1) is 0 Å². The maximum atomic E-state index is 14.7. The Hall–Kier alpha value is -4.85. The fourth-order valence-electron chi connectivity index (χ4n) is 5.20. The van der Waals surface area contributed by atoms with Crippen LogP contribution in [-0.2, 0) is 23.9 Å². The third-order valence-corrected chi connectivity index (χ3v) is 12.1. The van der Waals surface area contributed by atoms with Crippen molar-refractivity contribution < 1.29 is 28.7 Å². The summed E-state index contributed by atoms with van der Waals surface area (Å²) in [5.41, 5.74) is -0.942. The first-order valence-electron chi connectivity index (χ1n) is 14.9. The monoisotopic (exact) mass is 666 g/mol. The van der Waals surface area contributed by atoms with E-state index in [1.807, 2.05) is 97.1 Å². The van der Waals surface area contributed by atoms with Crippen LogP contribution in [0.2, 0.25) is 0 Å². The molecule has 47 heavy (non-hydrogen) atoms. The first-order chi connectivity index (χ1) is 22.5. The Morgan fingerprint density at radius 1 is 0.745 bits per heavy atom. The van der Waals surface area contributed by atoms with Crippen LogP contribution in [-0.4, -0.2) is 45.4 Å². The molecule has 0 bridgehead atoms. The Kier molecular flexibility index (Phi) is 10.2. The topological polar surface area (TPSA) is 102 Å². The molecular formula is C37H35N2O6PS. The molecule has 0 atom stereocenters. The fourth-order valence-corrected chi connectivity index (χ4v) is 10.3. The Morgan fingerprint density at radius 2 is 1.19 bits per heavy atom. The number of nitrogens with zero attached hydrogens (tertiary/aromatic N) is 1. The number of esters is 1. The lowest BCUT2D eigenvalue weighted by molar-refractivity contribution is -0.147. The molecule has 0 aliphatic carbocycles. The zero-order valence-corrected chi connectivity index (χ0v) is 28.2. The minimum absolute atomic E-state index is 0.0725. The van der Waals surface area contributed by atoms with E-state index in [-0.39, 0.29) is 27.9 Å². The molecule has 1 N–H and O–H groups in total. The average Bonchev–Trinajstić information content (AvgIpc) is 3.06. The summed E-state index contributed by atoms with van der Waals surface area (Å²) in [6.45, 7) is 3.06. The van der Waals surface area contributed by atoms with Crippen LogP contribution in [0.1, 0.15) is 27.7 Å². The van der Waals surface area contributed by atoms with Gasteiger partial charge in [-0.3, -0.25) is 19.3 Å². The predicted octanol–water partition coefficient (Wildman–Crippen LogP) is 4.94. The second-order valence-electron chi connectivity index (χ2n) is 11.6. The summed E-state index contributed by atoms with van der Waals surface area (Å²) in [6.07, 6.45) is 0. The van der Waals surface area contributed by atoms with Gasteiger partial charge in [-0.05, 0) is 60.6 Å². The number of thioether (sulfide) groups is 1. The van der Waals surface area contributed by atoms with Crippen molar-refractivity contribution >= 4 is 62.9 Å². The van der Waals surface area contributed by atoms with Crippen molar-refractivity contribution in [2.24, 2.45) is 0 Å². The van der Waals surface area contributed by atoms with Crippen LogP contribution in [0.25, 0.3) is 0 Å². The lowest BCUT2D eigenvalue weighted by Crippen LogP contribution is -2.56. The summed E-state index contributed by atoms with van der Waals surface area (Å²) < 4.78 is 11.6. The summed E-state index contributed by atoms with van der Waals surface area (Å²) in [5, 5.41) is 4.82.